The fraction of sp³-hybridized carbons (Fsp3) is 0.449. The van der Waals surface area contributed by atoms with Crippen LogP contribution >= 0.6 is 0 Å². The van der Waals surface area contributed by atoms with E-state index in [2.05, 4.69) is 33.1 Å². The molecule has 0 aliphatic carbocycles. The van der Waals surface area contributed by atoms with Crippen LogP contribution in [0, 0.1) is 23.4 Å². The maximum atomic E-state index is 15.2. The average Bonchev–Trinajstić information content (AvgIpc) is 1.65. The molecule has 5 aromatic rings. The number of carbonyl (C=O) groups excluding carboxylic acids is 7. The first-order valence-corrected chi connectivity index (χ1v) is 31.6. The number of morpholine rings is 1. The Hall–Kier alpha value is -8.91. The number of nitrogens with zero attached hydrogens (tertiary/aromatic N) is 6. The van der Waals surface area contributed by atoms with Gasteiger partial charge >= 0.3 is 12.2 Å². The summed E-state index contributed by atoms with van der Waals surface area (Å²) >= 11 is 0. The number of halogens is 3. The fourth-order valence-corrected chi connectivity index (χ4v) is 13.0. The first-order chi connectivity index (χ1) is 44.7. The van der Waals surface area contributed by atoms with E-state index in [0.717, 1.165) is 34.2 Å². The molecule has 0 spiro atoms. The predicted octanol–water partition coefficient (Wildman–Crippen LogP) is 8.15. The summed E-state index contributed by atoms with van der Waals surface area (Å²) < 4.78 is 61.1. The van der Waals surface area contributed by atoms with Gasteiger partial charge in [0.05, 0.1) is 25.2 Å². The number of rotatable bonds is 17. The molecular formula is C69H81F3N10O12. The van der Waals surface area contributed by atoms with E-state index in [-0.39, 0.29) is 80.0 Å². The molecular weight excluding hydrogens is 1220 g/mol. The highest BCUT2D eigenvalue weighted by molar-refractivity contribution is 6.08. The third kappa shape index (κ3) is 15.2. The van der Waals surface area contributed by atoms with Gasteiger partial charge in [-0.3, -0.25) is 43.5 Å². The normalized spacial score (nSPS) is 21.5. The standard InChI is InChI=1S/C69H81F3N10O12/c1-40-33-79(51(36-80(40)66(89)90)35-78-26-29-93-38-41(78)2)37-57(83)82-39-69(7,53-23-14-44(31-56(53)82)30-43-12-18-48(70)19-13-43)65(88)74-49-20-15-46(16-21-49)62(85)73-50-22-17-47-34-81(60(52(47)32-50)63(86)76-59-54(71)10-9-11-55(59)72)64(87)58(45-24-27-92-28-25-45)75-61(84)42(3)77(8)67(91)94-68(4,5)6/h9-23,31-32,40-42,45,51,58,60H,24-30,33-39H2,1-8H3,(H,73,85)(H,74,88)(H,75,84)(H,76,86)(H,89,90). The number of piperazine rings is 1. The molecule has 10 rings (SSSR count). The third-order valence-electron chi connectivity index (χ3n) is 18.5. The number of hydrogen-bond donors (Lipinski definition) is 5. The quantitative estimate of drug-likeness (QED) is 0.0589. The van der Waals surface area contributed by atoms with Gasteiger partial charge in [0, 0.05) is 100 Å². The van der Waals surface area contributed by atoms with Crippen LogP contribution in [0.1, 0.15) is 106 Å². The molecule has 5 aromatic carbocycles. The Morgan fingerprint density at radius 3 is 2.13 bits per heavy atom. The highest BCUT2D eigenvalue weighted by atomic mass is 19.1. The molecule has 3 fully saturated rings. The summed E-state index contributed by atoms with van der Waals surface area (Å²) in [7, 11) is 1.39. The number of carboxylic acid groups (broad SMARTS) is 1. The Morgan fingerprint density at radius 1 is 0.777 bits per heavy atom. The van der Waals surface area contributed by atoms with Gasteiger partial charge in [0.15, 0.2) is 0 Å². The Bertz CT molecular complexity index is 3680. The third-order valence-corrected chi connectivity index (χ3v) is 18.5. The van der Waals surface area contributed by atoms with Crippen LogP contribution in [0.15, 0.2) is 103 Å². The lowest BCUT2D eigenvalue weighted by molar-refractivity contribution is -0.144. The van der Waals surface area contributed by atoms with Crippen LogP contribution in [0.25, 0.3) is 0 Å². The number of ether oxygens (including phenoxy) is 3. The summed E-state index contributed by atoms with van der Waals surface area (Å²) in [6, 6.07) is 21.0. The lowest BCUT2D eigenvalue weighted by Gasteiger charge is -2.47. The minimum absolute atomic E-state index is 0.0416. The van der Waals surface area contributed by atoms with E-state index in [1.807, 2.05) is 30.0 Å². The van der Waals surface area contributed by atoms with Gasteiger partial charge in [-0.15, -0.1) is 0 Å². The molecule has 8 amide bonds. The van der Waals surface area contributed by atoms with Gasteiger partial charge in [-0.05, 0) is 168 Å². The van der Waals surface area contributed by atoms with Crippen LogP contribution in [0.2, 0.25) is 0 Å². The van der Waals surface area contributed by atoms with Crippen molar-refractivity contribution < 1.29 is 70.8 Å². The second kappa shape index (κ2) is 28.4. The summed E-state index contributed by atoms with van der Waals surface area (Å²) in [5.74, 6) is -6.71. The number of hydrogen-bond acceptors (Lipinski definition) is 13. The molecule has 5 N–H and O–H groups in total. The molecule has 94 heavy (non-hydrogen) atoms. The average molecular weight is 1300 g/mol. The first kappa shape index (κ1) is 68.0. The molecule has 5 aliphatic heterocycles. The largest absolute Gasteiger partial charge is 0.465 e. The predicted molar refractivity (Wildman–Crippen MR) is 343 cm³/mol. The Kier molecular flexibility index (Phi) is 20.5. The number of para-hydroxylation sites is 1. The van der Waals surface area contributed by atoms with Crippen molar-refractivity contribution in [3.63, 3.8) is 0 Å². The van der Waals surface area contributed by atoms with Crippen molar-refractivity contribution in [3.8, 4) is 0 Å². The van der Waals surface area contributed by atoms with Crippen molar-refractivity contribution in [2.75, 3.05) is 93.6 Å². The first-order valence-electron chi connectivity index (χ1n) is 31.6. The van der Waals surface area contributed by atoms with Crippen molar-refractivity contribution in [2.45, 2.75) is 122 Å². The lowest BCUT2D eigenvalue weighted by Crippen LogP contribution is -2.64. The van der Waals surface area contributed by atoms with Crippen LogP contribution < -0.4 is 26.2 Å². The van der Waals surface area contributed by atoms with Crippen molar-refractivity contribution in [1.29, 1.82) is 0 Å². The number of anilines is 4. The summed E-state index contributed by atoms with van der Waals surface area (Å²) in [4.78, 5) is 123. The van der Waals surface area contributed by atoms with E-state index in [9.17, 15) is 43.1 Å². The van der Waals surface area contributed by atoms with Gasteiger partial charge in [-0.25, -0.2) is 22.8 Å². The van der Waals surface area contributed by atoms with E-state index in [1.165, 1.54) is 54.1 Å². The van der Waals surface area contributed by atoms with Crippen molar-refractivity contribution in [2.24, 2.45) is 5.92 Å². The molecule has 5 heterocycles. The smallest absolute Gasteiger partial charge is 0.410 e. The Labute approximate surface area is 544 Å². The summed E-state index contributed by atoms with van der Waals surface area (Å²) in [5, 5.41) is 21.2. The lowest BCUT2D eigenvalue weighted by atomic mass is 9.83. The zero-order valence-electron chi connectivity index (χ0n) is 54.0. The molecule has 5 aliphatic rings. The summed E-state index contributed by atoms with van der Waals surface area (Å²) in [5.41, 5.74) is 1.19. The SMILES string of the molecule is CC1COCCN1CC1CN(C(=O)O)C(C)CN1CC(=O)N1CC(C)(C(=O)Nc2ccc(C(=O)Nc3ccc4c(c3)C(C(=O)Nc3c(F)cccc3F)N(C(=O)C(NC(=O)C(C)N(C)C(=O)OC(C)(C)C)C3CCOCC3)C4)cc2)c2ccc(Cc3ccc(F)cc3)cc21. The molecule has 0 radical (unpaired) electrons. The zero-order valence-corrected chi connectivity index (χ0v) is 54.0. The van der Waals surface area contributed by atoms with Gasteiger partial charge in [0.2, 0.25) is 23.6 Å². The van der Waals surface area contributed by atoms with Crippen LogP contribution in [-0.4, -0.2) is 186 Å². The van der Waals surface area contributed by atoms with Crippen LogP contribution in [-0.2, 0) is 56.6 Å². The van der Waals surface area contributed by atoms with E-state index in [1.54, 1.807) is 69.0 Å². The van der Waals surface area contributed by atoms with Gasteiger partial charge in [0.1, 0.15) is 46.9 Å². The maximum absolute atomic E-state index is 15.2. The van der Waals surface area contributed by atoms with Gasteiger partial charge in [-0.1, -0.05) is 36.4 Å². The van der Waals surface area contributed by atoms with Crippen LogP contribution in [0.5, 0.6) is 0 Å². The molecule has 25 heteroatoms. The topological polar surface area (TPSA) is 252 Å². The molecule has 0 aromatic heterocycles. The second-order valence-corrected chi connectivity index (χ2v) is 26.3. The number of likely N-dealkylation sites (N-methyl/N-ethyl adjacent to an activating group) is 1. The Morgan fingerprint density at radius 2 is 1.46 bits per heavy atom. The minimum Gasteiger partial charge on any atom is -0.465 e. The van der Waals surface area contributed by atoms with Crippen LogP contribution in [0.3, 0.4) is 0 Å². The molecule has 7 atom stereocenters. The molecule has 500 valence electrons. The zero-order chi connectivity index (χ0) is 67.5. The van der Waals surface area contributed by atoms with E-state index >= 15 is 13.6 Å². The molecule has 22 nitrogen and oxygen atoms in total. The molecule has 7 unspecified atom stereocenters. The van der Waals surface area contributed by atoms with Crippen molar-refractivity contribution >= 4 is 70.4 Å². The highest BCUT2D eigenvalue weighted by Crippen LogP contribution is 2.44. The maximum Gasteiger partial charge on any atom is 0.410 e. The monoisotopic (exact) mass is 1300 g/mol. The molecule has 3 saturated heterocycles. The van der Waals surface area contributed by atoms with Crippen molar-refractivity contribution in [1.82, 2.24) is 29.8 Å². The molecule has 0 saturated carbocycles. The van der Waals surface area contributed by atoms with E-state index in [4.69, 9.17) is 14.2 Å². The van der Waals surface area contributed by atoms with Crippen LogP contribution in [0.4, 0.5) is 45.5 Å². The number of benzene rings is 5. The second-order valence-electron chi connectivity index (χ2n) is 26.3. The number of fused-ring (bicyclic) bond motifs is 2. The number of amides is 8. The van der Waals surface area contributed by atoms with E-state index < -0.39 is 100 Å². The Balaban J connectivity index is 0.869. The summed E-state index contributed by atoms with van der Waals surface area (Å²) in [6.45, 7) is 15.1. The minimum atomic E-state index is -1.54. The highest BCUT2D eigenvalue weighted by Gasteiger charge is 2.49. The van der Waals surface area contributed by atoms with Gasteiger partial charge in [-0.2, -0.15) is 0 Å². The molecule has 0 bridgehead atoms. The number of nitrogens with one attached hydrogen (secondary N) is 4. The summed E-state index contributed by atoms with van der Waals surface area (Å²) in [6.07, 6.45) is -0.700. The number of carbonyl (C=O) groups is 8. The fourth-order valence-electron chi connectivity index (χ4n) is 13.0. The van der Waals surface area contributed by atoms with Crippen molar-refractivity contribution in [3.05, 3.63) is 154 Å². The van der Waals surface area contributed by atoms with E-state index in [0.29, 0.717) is 74.6 Å². The van der Waals surface area contributed by atoms with Gasteiger partial charge < -0.3 is 55.3 Å². The van der Waals surface area contributed by atoms with Gasteiger partial charge in [0.25, 0.3) is 11.8 Å².